The highest BCUT2D eigenvalue weighted by molar-refractivity contribution is 7.92. The van der Waals surface area contributed by atoms with Gasteiger partial charge in [0.15, 0.2) is 9.84 Å². The molecule has 2 aliphatic rings. The summed E-state index contributed by atoms with van der Waals surface area (Å²) in [6, 6.07) is 9.11. The first-order valence-corrected chi connectivity index (χ1v) is 14.3. The molecule has 0 radical (unpaired) electrons. The molecule has 2 fully saturated rings. The van der Waals surface area contributed by atoms with Gasteiger partial charge in [0.1, 0.15) is 0 Å². The molecule has 8 nitrogen and oxygen atoms in total. The Labute approximate surface area is 194 Å². The first kappa shape index (κ1) is 23.6. The first-order valence-electron chi connectivity index (χ1n) is 10.9. The maximum Gasteiger partial charge on any atom is 0.337 e. The van der Waals surface area contributed by atoms with Crippen molar-refractivity contribution in [3.8, 4) is 0 Å². The number of nitrogens with one attached hydrogen (secondary N) is 1. The molecule has 1 saturated carbocycles. The second-order valence-electron chi connectivity index (χ2n) is 8.62. The molecule has 33 heavy (non-hydrogen) atoms. The number of hydrogen-bond acceptors (Lipinski definition) is 7. The van der Waals surface area contributed by atoms with Gasteiger partial charge < -0.3 is 9.64 Å². The lowest BCUT2D eigenvalue weighted by atomic mass is 10.1. The highest BCUT2D eigenvalue weighted by Crippen LogP contribution is 2.44. The SMILES string of the molecule is COC(=O)c1ccc(C2CC2)c(S(=O)(=O)Nc2cc(S(C)(=O)=O)ccc2N2CCCCC2)c1. The summed E-state index contributed by atoms with van der Waals surface area (Å²) < 4.78 is 58.9. The number of ether oxygens (including phenoxy) is 1. The third kappa shape index (κ3) is 5.16. The summed E-state index contributed by atoms with van der Waals surface area (Å²) in [6.07, 6.45) is 5.90. The van der Waals surface area contributed by atoms with Gasteiger partial charge in [0.05, 0.1) is 33.8 Å². The molecule has 2 aromatic rings. The number of sulfone groups is 1. The third-order valence-electron chi connectivity index (χ3n) is 6.08. The molecular weight excluding hydrogens is 464 g/mol. The van der Waals surface area contributed by atoms with Gasteiger partial charge in [0.25, 0.3) is 10.0 Å². The third-order valence-corrected chi connectivity index (χ3v) is 8.61. The topological polar surface area (TPSA) is 110 Å². The van der Waals surface area contributed by atoms with Crippen LogP contribution in [0.4, 0.5) is 11.4 Å². The van der Waals surface area contributed by atoms with E-state index in [0.717, 1.165) is 51.4 Å². The molecule has 1 aliphatic heterocycles. The van der Waals surface area contributed by atoms with E-state index in [4.69, 9.17) is 4.74 Å². The van der Waals surface area contributed by atoms with Crippen molar-refractivity contribution in [2.45, 2.75) is 47.8 Å². The highest BCUT2D eigenvalue weighted by Gasteiger charge is 2.32. The number of carbonyl (C=O) groups is 1. The van der Waals surface area contributed by atoms with E-state index in [-0.39, 0.29) is 27.0 Å². The number of esters is 1. The van der Waals surface area contributed by atoms with Crippen molar-refractivity contribution < 1.29 is 26.4 Å². The van der Waals surface area contributed by atoms with Crippen molar-refractivity contribution in [2.75, 3.05) is 36.1 Å². The summed E-state index contributed by atoms with van der Waals surface area (Å²) in [5.41, 5.74) is 1.64. The van der Waals surface area contributed by atoms with Crippen LogP contribution in [0, 0.1) is 0 Å². The minimum atomic E-state index is -4.12. The number of piperidine rings is 1. The summed E-state index contributed by atoms with van der Waals surface area (Å²) in [6.45, 7) is 1.52. The van der Waals surface area contributed by atoms with Gasteiger partial charge in [-0.1, -0.05) is 6.07 Å². The number of anilines is 2. The van der Waals surface area contributed by atoms with Crippen molar-refractivity contribution in [3.63, 3.8) is 0 Å². The summed E-state index contributed by atoms with van der Waals surface area (Å²) >= 11 is 0. The summed E-state index contributed by atoms with van der Waals surface area (Å²) in [4.78, 5) is 14.2. The first-order chi connectivity index (χ1) is 15.6. The van der Waals surface area contributed by atoms with Crippen LogP contribution >= 0.6 is 0 Å². The minimum Gasteiger partial charge on any atom is -0.465 e. The average Bonchev–Trinajstić information content (AvgIpc) is 3.63. The van der Waals surface area contributed by atoms with Crippen molar-refractivity contribution in [2.24, 2.45) is 0 Å². The van der Waals surface area contributed by atoms with E-state index in [1.54, 1.807) is 18.2 Å². The Morgan fingerprint density at radius 1 is 1.00 bits per heavy atom. The van der Waals surface area contributed by atoms with Gasteiger partial charge in [-0.2, -0.15) is 0 Å². The van der Waals surface area contributed by atoms with Crippen LogP contribution in [-0.4, -0.2) is 49.3 Å². The molecule has 1 heterocycles. The second-order valence-corrected chi connectivity index (χ2v) is 12.3. The average molecular weight is 493 g/mol. The normalized spacial score (nSPS) is 17.0. The molecule has 1 saturated heterocycles. The van der Waals surface area contributed by atoms with E-state index in [0.29, 0.717) is 11.3 Å². The molecule has 4 rings (SSSR count). The quantitative estimate of drug-likeness (QED) is 0.589. The zero-order valence-corrected chi connectivity index (χ0v) is 20.3. The van der Waals surface area contributed by atoms with Crippen LogP contribution in [-0.2, 0) is 24.6 Å². The van der Waals surface area contributed by atoms with Crippen molar-refractivity contribution in [1.82, 2.24) is 0 Å². The molecule has 0 unspecified atom stereocenters. The molecule has 178 valence electrons. The van der Waals surface area contributed by atoms with Crippen LogP contribution in [0.25, 0.3) is 0 Å². The maximum atomic E-state index is 13.6. The molecule has 2 aromatic carbocycles. The zero-order chi connectivity index (χ0) is 23.8. The lowest BCUT2D eigenvalue weighted by Gasteiger charge is -2.31. The Bertz CT molecular complexity index is 1280. The van der Waals surface area contributed by atoms with Crippen LogP contribution in [0.15, 0.2) is 46.2 Å². The van der Waals surface area contributed by atoms with Crippen molar-refractivity contribution in [1.29, 1.82) is 0 Å². The fourth-order valence-corrected chi connectivity index (χ4v) is 6.22. The van der Waals surface area contributed by atoms with E-state index in [1.807, 2.05) is 0 Å². The van der Waals surface area contributed by atoms with E-state index >= 15 is 0 Å². The molecule has 10 heteroatoms. The number of nitrogens with zero attached hydrogens (tertiary/aromatic N) is 1. The van der Waals surface area contributed by atoms with E-state index < -0.39 is 25.8 Å². The molecule has 0 spiro atoms. The maximum absolute atomic E-state index is 13.6. The Morgan fingerprint density at radius 2 is 1.70 bits per heavy atom. The van der Waals surface area contributed by atoms with Crippen LogP contribution in [0.2, 0.25) is 0 Å². The van der Waals surface area contributed by atoms with Crippen molar-refractivity contribution >= 4 is 37.2 Å². The number of sulfonamides is 1. The Balaban J connectivity index is 1.79. The van der Waals surface area contributed by atoms with E-state index in [9.17, 15) is 21.6 Å². The van der Waals surface area contributed by atoms with Gasteiger partial charge in [0.2, 0.25) is 0 Å². The Morgan fingerprint density at radius 3 is 2.30 bits per heavy atom. The summed E-state index contributed by atoms with van der Waals surface area (Å²) in [5, 5.41) is 0. The molecule has 1 N–H and O–H groups in total. The second kappa shape index (κ2) is 8.98. The van der Waals surface area contributed by atoms with Crippen LogP contribution < -0.4 is 9.62 Å². The molecule has 0 atom stereocenters. The molecule has 0 bridgehead atoms. The predicted octanol–water partition coefficient (Wildman–Crippen LogP) is 3.55. The van der Waals surface area contributed by atoms with Gasteiger partial charge in [-0.05, 0) is 73.9 Å². The van der Waals surface area contributed by atoms with Crippen LogP contribution in [0.1, 0.15) is 53.9 Å². The minimum absolute atomic E-state index is 0.0160. The lowest BCUT2D eigenvalue weighted by Crippen LogP contribution is -2.30. The van der Waals surface area contributed by atoms with E-state index in [1.165, 1.54) is 25.3 Å². The van der Waals surface area contributed by atoms with Gasteiger partial charge >= 0.3 is 5.97 Å². The molecule has 1 aliphatic carbocycles. The Hall–Kier alpha value is -2.59. The van der Waals surface area contributed by atoms with Gasteiger partial charge in [0, 0.05) is 19.3 Å². The number of hydrogen-bond donors (Lipinski definition) is 1. The smallest absolute Gasteiger partial charge is 0.337 e. The lowest BCUT2D eigenvalue weighted by molar-refractivity contribution is 0.0600. The fraction of sp³-hybridized carbons (Fsp3) is 0.435. The Kier molecular flexibility index (Phi) is 6.41. The monoisotopic (exact) mass is 492 g/mol. The van der Waals surface area contributed by atoms with E-state index in [2.05, 4.69) is 9.62 Å². The number of benzene rings is 2. The number of rotatable bonds is 7. The van der Waals surface area contributed by atoms with Gasteiger partial charge in [-0.15, -0.1) is 0 Å². The van der Waals surface area contributed by atoms with Crippen LogP contribution in [0.3, 0.4) is 0 Å². The zero-order valence-electron chi connectivity index (χ0n) is 18.7. The largest absolute Gasteiger partial charge is 0.465 e. The standard InChI is InChI=1S/C23H28N2O6S2/c1-31-23(26)17-8-10-19(16-6-7-16)22(14-17)33(29,30)24-20-15-18(32(2,27)28)9-11-21(20)25-12-4-3-5-13-25/h8-11,14-16,24H,3-7,12-13H2,1-2H3. The highest BCUT2D eigenvalue weighted by atomic mass is 32.2. The van der Waals surface area contributed by atoms with Gasteiger partial charge in [-0.3, -0.25) is 4.72 Å². The molecule has 0 aromatic heterocycles. The van der Waals surface area contributed by atoms with Crippen molar-refractivity contribution in [3.05, 3.63) is 47.5 Å². The summed E-state index contributed by atoms with van der Waals surface area (Å²) in [5.74, 6) is -0.505. The number of carbonyl (C=O) groups excluding carboxylic acids is 1. The molecule has 0 amide bonds. The van der Waals surface area contributed by atoms with Crippen LogP contribution in [0.5, 0.6) is 0 Å². The fourth-order valence-electron chi connectivity index (χ4n) is 4.18. The number of methoxy groups -OCH3 is 1. The predicted molar refractivity (Wildman–Crippen MR) is 126 cm³/mol. The van der Waals surface area contributed by atoms with Gasteiger partial charge in [-0.25, -0.2) is 21.6 Å². The molecular formula is C23H28N2O6S2. The summed E-state index contributed by atoms with van der Waals surface area (Å²) in [7, 11) is -6.42.